The van der Waals surface area contributed by atoms with Gasteiger partial charge in [-0.2, -0.15) is 11.8 Å². The first-order chi connectivity index (χ1) is 8.15. The molecule has 1 aliphatic rings. The normalized spacial score (nSPS) is 26.6. The maximum atomic E-state index is 12.3. The second kappa shape index (κ2) is 7.27. The third-order valence-corrected chi connectivity index (χ3v) is 4.11. The molecule has 0 aromatic heterocycles. The Morgan fingerprint density at radius 2 is 2.18 bits per heavy atom. The molecular weight excluding hydrogens is 232 g/mol. The van der Waals surface area contributed by atoms with Crippen LogP contribution in [0.4, 0.5) is 0 Å². The summed E-state index contributed by atoms with van der Waals surface area (Å²) < 4.78 is 0. The Balaban J connectivity index is 2.66. The molecule has 3 atom stereocenters. The van der Waals surface area contributed by atoms with Crippen LogP contribution in [0.2, 0.25) is 0 Å². The van der Waals surface area contributed by atoms with Crippen molar-refractivity contribution in [2.24, 2.45) is 0 Å². The predicted octanol–water partition coefficient (Wildman–Crippen LogP) is 2.46. The van der Waals surface area contributed by atoms with E-state index in [0.29, 0.717) is 11.9 Å². The summed E-state index contributed by atoms with van der Waals surface area (Å²) in [6.07, 6.45) is 6.54. The number of rotatable bonds is 7. The highest BCUT2D eigenvalue weighted by Crippen LogP contribution is 2.22. The van der Waals surface area contributed by atoms with Crippen LogP contribution in [0, 0.1) is 0 Å². The molecule has 3 nitrogen and oxygen atoms in total. The van der Waals surface area contributed by atoms with Gasteiger partial charge in [0.15, 0.2) is 0 Å². The van der Waals surface area contributed by atoms with Gasteiger partial charge >= 0.3 is 0 Å². The third kappa shape index (κ3) is 3.62. The molecule has 0 saturated carbocycles. The summed E-state index contributed by atoms with van der Waals surface area (Å²) in [6, 6.07) is 0.402. The molecule has 17 heavy (non-hydrogen) atoms. The quantitative estimate of drug-likeness (QED) is 0.761. The monoisotopic (exact) mass is 258 g/mol. The van der Waals surface area contributed by atoms with Crippen molar-refractivity contribution < 1.29 is 4.79 Å². The molecule has 1 fully saturated rings. The van der Waals surface area contributed by atoms with Crippen molar-refractivity contribution in [2.45, 2.75) is 64.7 Å². The van der Waals surface area contributed by atoms with Crippen molar-refractivity contribution >= 4 is 17.7 Å². The summed E-state index contributed by atoms with van der Waals surface area (Å²) in [4.78, 5) is 14.4. The van der Waals surface area contributed by atoms with Crippen molar-refractivity contribution in [3.63, 3.8) is 0 Å². The summed E-state index contributed by atoms with van der Waals surface area (Å²) in [7, 11) is 0. The van der Waals surface area contributed by atoms with E-state index in [4.69, 9.17) is 0 Å². The fraction of sp³-hybridized carbons (Fsp3) is 0.923. The second-order valence-corrected chi connectivity index (χ2v) is 5.79. The lowest BCUT2D eigenvalue weighted by Crippen LogP contribution is -2.43. The van der Waals surface area contributed by atoms with Crippen LogP contribution in [-0.4, -0.2) is 41.1 Å². The molecule has 4 heteroatoms. The number of nitrogens with one attached hydrogen (secondary N) is 1. The highest BCUT2D eigenvalue weighted by molar-refractivity contribution is 7.98. The van der Waals surface area contributed by atoms with E-state index in [1.165, 1.54) is 0 Å². The Hall–Kier alpha value is -0.220. The standard InChI is InChI=1S/C13H26N2OS/c1-5-7-12-14-11(6-2)13(16)15(12)10(3)8-9-17-4/h10-12,14H,5-9H2,1-4H3. The average Bonchev–Trinajstić information content (AvgIpc) is 2.63. The Kier molecular flexibility index (Phi) is 6.34. The fourth-order valence-electron chi connectivity index (χ4n) is 2.46. The summed E-state index contributed by atoms with van der Waals surface area (Å²) >= 11 is 1.85. The SMILES string of the molecule is CCCC1NC(CC)C(=O)N1C(C)CCSC. The van der Waals surface area contributed by atoms with Crippen molar-refractivity contribution in [3.8, 4) is 0 Å². The fourth-order valence-corrected chi connectivity index (χ4v) is 3.03. The Morgan fingerprint density at radius 1 is 1.47 bits per heavy atom. The van der Waals surface area contributed by atoms with Crippen molar-refractivity contribution in [3.05, 3.63) is 0 Å². The van der Waals surface area contributed by atoms with Gasteiger partial charge < -0.3 is 4.90 Å². The molecule has 1 N–H and O–H groups in total. The van der Waals surface area contributed by atoms with E-state index in [1.54, 1.807) is 0 Å². The molecule has 1 saturated heterocycles. The molecule has 0 radical (unpaired) electrons. The smallest absolute Gasteiger partial charge is 0.241 e. The zero-order valence-electron chi connectivity index (χ0n) is 11.5. The van der Waals surface area contributed by atoms with Crippen LogP contribution in [0.25, 0.3) is 0 Å². The molecule has 3 unspecified atom stereocenters. The van der Waals surface area contributed by atoms with Gasteiger partial charge in [0.2, 0.25) is 5.91 Å². The van der Waals surface area contributed by atoms with Gasteiger partial charge in [0.1, 0.15) is 0 Å². The highest BCUT2D eigenvalue weighted by Gasteiger charge is 2.39. The summed E-state index contributed by atoms with van der Waals surface area (Å²) in [6.45, 7) is 6.43. The predicted molar refractivity (Wildman–Crippen MR) is 75.2 cm³/mol. The lowest BCUT2D eigenvalue weighted by atomic mass is 10.1. The minimum absolute atomic E-state index is 0.0447. The molecule has 1 heterocycles. The maximum absolute atomic E-state index is 12.3. The van der Waals surface area contributed by atoms with Crippen LogP contribution < -0.4 is 5.32 Å². The number of thioether (sulfide) groups is 1. The minimum Gasteiger partial charge on any atom is -0.323 e. The topological polar surface area (TPSA) is 32.3 Å². The van der Waals surface area contributed by atoms with Crippen LogP contribution >= 0.6 is 11.8 Å². The van der Waals surface area contributed by atoms with E-state index in [-0.39, 0.29) is 12.2 Å². The second-order valence-electron chi connectivity index (χ2n) is 4.81. The Morgan fingerprint density at radius 3 is 2.71 bits per heavy atom. The van der Waals surface area contributed by atoms with Gasteiger partial charge in [-0.15, -0.1) is 0 Å². The number of hydrogen-bond acceptors (Lipinski definition) is 3. The van der Waals surface area contributed by atoms with Crippen LogP contribution in [0.15, 0.2) is 0 Å². The number of carbonyl (C=O) groups excluding carboxylic acids is 1. The lowest BCUT2D eigenvalue weighted by Gasteiger charge is -2.30. The van der Waals surface area contributed by atoms with Crippen molar-refractivity contribution in [2.75, 3.05) is 12.0 Å². The van der Waals surface area contributed by atoms with Gasteiger partial charge in [-0.1, -0.05) is 20.3 Å². The molecule has 0 spiro atoms. The van der Waals surface area contributed by atoms with Crippen molar-refractivity contribution in [1.82, 2.24) is 10.2 Å². The molecule has 1 amide bonds. The summed E-state index contributed by atoms with van der Waals surface area (Å²) in [5.41, 5.74) is 0. The van der Waals surface area contributed by atoms with E-state index in [2.05, 4.69) is 37.2 Å². The molecule has 0 aromatic carbocycles. The summed E-state index contributed by atoms with van der Waals surface area (Å²) in [5.74, 6) is 1.43. The Bertz CT molecular complexity index is 248. The van der Waals surface area contributed by atoms with Gasteiger partial charge in [-0.05, 0) is 38.2 Å². The van der Waals surface area contributed by atoms with Crippen molar-refractivity contribution in [1.29, 1.82) is 0 Å². The maximum Gasteiger partial charge on any atom is 0.241 e. The lowest BCUT2D eigenvalue weighted by molar-refractivity contribution is -0.132. The van der Waals surface area contributed by atoms with Gasteiger partial charge in [-0.25, -0.2) is 0 Å². The largest absolute Gasteiger partial charge is 0.323 e. The van der Waals surface area contributed by atoms with E-state index < -0.39 is 0 Å². The van der Waals surface area contributed by atoms with E-state index >= 15 is 0 Å². The van der Waals surface area contributed by atoms with Gasteiger partial charge in [0.25, 0.3) is 0 Å². The van der Waals surface area contributed by atoms with E-state index in [0.717, 1.165) is 31.4 Å². The number of carbonyl (C=O) groups is 1. The van der Waals surface area contributed by atoms with E-state index in [9.17, 15) is 4.79 Å². The number of hydrogen-bond donors (Lipinski definition) is 1. The van der Waals surface area contributed by atoms with Crippen LogP contribution in [-0.2, 0) is 4.79 Å². The van der Waals surface area contributed by atoms with Crippen LogP contribution in [0.3, 0.4) is 0 Å². The highest BCUT2D eigenvalue weighted by atomic mass is 32.2. The number of nitrogens with zero attached hydrogens (tertiary/aromatic N) is 1. The van der Waals surface area contributed by atoms with Crippen LogP contribution in [0.1, 0.15) is 46.5 Å². The molecule has 1 rings (SSSR count). The molecular formula is C13H26N2OS. The Labute approximate surface area is 110 Å². The first-order valence-corrected chi connectivity index (χ1v) is 8.12. The zero-order chi connectivity index (χ0) is 12.8. The minimum atomic E-state index is 0.0447. The molecule has 100 valence electrons. The summed E-state index contributed by atoms with van der Waals surface area (Å²) in [5, 5.41) is 3.47. The van der Waals surface area contributed by atoms with E-state index in [1.807, 2.05) is 11.8 Å². The third-order valence-electron chi connectivity index (χ3n) is 3.47. The van der Waals surface area contributed by atoms with Crippen LogP contribution in [0.5, 0.6) is 0 Å². The average molecular weight is 258 g/mol. The number of amides is 1. The first-order valence-electron chi connectivity index (χ1n) is 6.72. The first kappa shape index (κ1) is 14.8. The van der Waals surface area contributed by atoms with Gasteiger partial charge in [0, 0.05) is 6.04 Å². The molecule has 0 bridgehead atoms. The van der Waals surface area contributed by atoms with Gasteiger partial charge in [-0.3, -0.25) is 10.1 Å². The molecule has 0 aliphatic carbocycles. The van der Waals surface area contributed by atoms with Gasteiger partial charge in [0.05, 0.1) is 12.2 Å². The molecule has 0 aromatic rings. The zero-order valence-corrected chi connectivity index (χ0v) is 12.3. The molecule has 1 aliphatic heterocycles.